The van der Waals surface area contributed by atoms with Crippen molar-refractivity contribution in [1.82, 2.24) is 19.9 Å². The van der Waals surface area contributed by atoms with Crippen molar-refractivity contribution >= 4 is 27.5 Å². The van der Waals surface area contributed by atoms with Crippen LogP contribution in [0.25, 0.3) is 32.9 Å². The second-order valence-corrected chi connectivity index (χ2v) is 9.51. The average Bonchev–Trinajstić information content (AvgIpc) is 3.42. The van der Waals surface area contributed by atoms with E-state index in [-0.39, 0.29) is 29.4 Å². The molecule has 0 bridgehead atoms. The fraction of sp³-hybridized carbons (Fsp3) is 0.321. The third kappa shape index (κ3) is 3.54. The number of benzene rings is 2. The third-order valence-electron chi connectivity index (χ3n) is 7.45. The lowest BCUT2D eigenvalue weighted by Crippen LogP contribution is -2.43. The molecule has 8 heteroatoms. The van der Waals surface area contributed by atoms with E-state index in [1.807, 2.05) is 30.3 Å². The van der Waals surface area contributed by atoms with E-state index < -0.39 is 12.0 Å². The van der Waals surface area contributed by atoms with Crippen LogP contribution >= 0.6 is 0 Å². The van der Waals surface area contributed by atoms with E-state index in [0.29, 0.717) is 35.3 Å². The number of anilines is 1. The lowest BCUT2D eigenvalue weighted by Gasteiger charge is -2.30. The first-order chi connectivity index (χ1) is 17.5. The molecular weight excluding hydrogens is 460 g/mol. The maximum atomic E-state index is 16.1. The highest BCUT2D eigenvalue weighted by Crippen LogP contribution is 2.40. The van der Waals surface area contributed by atoms with E-state index >= 15 is 4.39 Å². The van der Waals surface area contributed by atoms with Crippen LogP contribution in [-0.4, -0.2) is 58.3 Å². The van der Waals surface area contributed by atoms with Crippen LogP contribution in [0.3, 0.4) is 0 Å². The van der Waals surface area contributed by atoms with Gasteiger partial charge in [0, 0.05) is 42.7 Å². The Balaban J connectivity index is 1.44. The summed E-state index contributed by atoms with van der Waals surface area (Å²) in [6.45, 7) is 1.55. The Labute approximate surface area is 207 Å². The summed E-state index contributed by atoms with van der Waals surface area (Å²) < 4.78 is 36.3. The zero-order valence-electron chi connectivity index (χ0n) is 19.9. The molecule has 6 rings (SSSR count). The van der Waals surface area contributed by atoms with Gasteiger partial charge in [0.1, 0.15) is 29.8 Å². The molecule has 2 aromatic heterocycles. The molecule has 2 aliphatic heterocycles. The number of aromatic nitrogens is 3. The number of halogens is 2. The van der Waals surface area contributed by atoms with Crippen LogP contribution in [0.5, 0.6) is 6.01 Å². The van der Waals surface area contributed by atoms with Crippen molar-refractivity contribution in [3.8, 4) is 29.6 Å². The number of terminal acetylenes is 1. The first kappa shape index (κ1) is 22.6. The summed E-state index contributed by atoms with van der Waals surface area (Å²) in [6, 6.07) is 11.3. The van der Waals surface area contributed by atoms with E-state index in [1.54, 1.807) is 19.3 Å². The van der Waals surface area contributed by atoms with Gasteiger partial charge in [0.2, 0.25) is 0 Å². The maximum Gasteiger partial charge on any atom is 0.319 e. The molecule has 182 valence electrons. The fourth-order valence-corrected chi connectivity index (χ4v) is 5.79. The zero-order chi connectivity index (χ0) is 24.9. The van der Waals surface area contributed by atoms with Crippen molar-refractivity contribution in [3.63, 3.8) is 0 Å². The molecule has 0 spiro atoms. The Morgan fingerprint density at radius 2 is 2.08 bits per heavy atom. The number of ether oxygens (including phenoxy) is 1. The van der Waals surface area contributed by atoms with Gasteiger partial charge in [-0.05, 0) is 30.8 Å². The number of rotatable bonds is 5. The lowest BCUT2D eigenvalue weighted by molar-refractivity contribution is 0.107. The van der Waals surface area contributed by atoms with E-state index in [0.717, 1.165) is 30.2 Å². The predicted octanol–water partition coefficient (Wildman–Crippen LogP) is 4.96. The molecular formula is C28H25F2N5O. The minimum absolute atomic E-state index is 0.0497. The first-order valence-electron chi connectivity index (χ1n) is 12.1. The number of pyridine rings is 1. The topological polar surface area (TPSA) is 63.2 Å². The van der Waals surface area contributed by atoms with Crippen LogP contribution in [0.1, 0.15) is 24.8 Å². The van der Waals surface area contributed by atoms with E-state index in [9.17, 15) is 4.39 Å². The van der Waals surface area contributed by atoms with Gasteiger partial charge < -0.3 is 10.1 Å². The molecule has 0 radical (unpaired) electrons. The molecule has 0 saturated carbocycles. The molecule has 4 heterocycles. The van der Waals surface area contributed by atoms with Crippen LogP contribution in [0, 0.1) is 18.2 Å². The Hall–Kier alpha value is -3.83. The van der Waals surface area contributed by atoms with Crippen molar-refractivity contribution < 1.29 is 13.5 Å². The largest absolute Gasteiger partial charge is 0.461 e. The fourth-order valence-electron chi connectivity index (χ4n) is 5.79. The van der Waals surface area contributed by atoms with E-state index in [2.05, 4.69) is 31.1 Å². The number of hydrogen-bond donors (Lipinski definition) is 1. The Bertz CT molecular complexity index is 1530. The normalized spacial score (nSPS) is 21.6. The average molecular weight is 486 g/mol. The van der Waals surface area contributed by atoms with Crippen LogP contribution in [-0.2, 0) is 0 Å². The Kier molecular flexibility index (Phi) is 5.45. The minimum atomic E-state index is -0.862. The molecule has 4 aromatic rings. The first-order valence-corrected chi connectivity index (χ1v) is 12.1. The summed E-state index contributed by atoms with van der Waals surface area (Å²) in [7, 11) is 1.70. The van der Waals surface area contributed by atoms with Crippen LogP contribution in [0.4, 0.5) is 14.6 Å². The maximum absolute atomic E-state index is 16.1. The predicted molar refractivity (Wildman–Crippen MR) is 136 cm³/mol. The van der Waals surface area contributed by atoms with Gasteiger partial charge >= 0.3 is 6.01 Å². The molecule has 36 heavy (non-hydrogen) atoms. The van der Waals surface area contributed by atoms with Crippen molar-refractivity contribution in [1.29, 1.82) is 0 Å². The van der Waals surface area contributed by atoms with Crippen LogP contribution < -0.4 is 10.1 Å². The summed E-state index contributed by atoms with van der Waals surface area (Å²) in [5.41, 5.74) is 1.15. The Morgan fingerprint density at radius 1 is 1.25 bits per heavy atom. The van der Waals surface area contributed by atoms with Gasteiger partial charge in [0.25, 0.3) is 0 Å². The standard InChI is InChI=1S/C28H25F2N5O/c1-3-17-7-4-8-18-9-5-10-20(22(17)18)24-23(30)25-21(14-32-24)26(31-2)34-27(33-25)36-16-28-11-6-12-35(28)15-19(29)13-28/h1,4-5,7-10,14,19H,6,11-13,15-16H2,2H3,(H,31,33,34)/t19-,28?/m1/s1. The summed E-state index contributed by atoms with van der Waals surface area (Å²) in [5, 5.41) is 5.09. The minimum Gasteiger partial charge on any atom is -0.461 e. The lowest BCUT2D eigenvalue weighted by atomic mass is 9.95. The molecule has 2 aliphatic rings. The summed E-state index contributed by atoms with van der Waals surface area (Å²) in [4.78, 5) is 15.5. The van der Waals surface area contributed by atoms with Gasteiger partial charge in [-0.1, -0.05) is 36.3 Å². The number of nitrogens with one attached hydrogen (secondary N) is 1. The summed E-state index contributed by atoms with van der Waals surface area (Å²) >= 11 is 0. The van der Waals surface area contributed by atoms with Gasteiger partial charge in [0.15, 0.2) is 5.82 Å². The zero-order valence-corrected chi connectivity index (χ0v) is 19.9. The van der Waals surface area contributed by atoms with Crippen LogP contribution in [0.15, 0.2) is 42.6 Å². The van der Waals surface area contributed by atoms with E-state index in [1.165, 1.54) is 0 Å². The highest BCUT2D eigenvalue weighted by Gasteiger charge is 2.49. The smallest absolute Gasteiger partial charge is 0.319 e. The molecule has 2 fully saturated rings. The number of nitrogens with zero attached hydrogens (tertiary/aromatic N) is 4. The quantitative estimate of drug-likeness (QED) is 0.403. The molecule has 2 saturated heterocycles. The second kappa shape index (κ2) is 8.68. The Morgan fingerprint density at radius 3 is 2.89 bits per heavy atom. The second-order valence-electron chi connectivity index (χ2n) is 9.51. The SMILES string of the molecule is C#Cc1cccc2cccc(-c3ncc4c(NC)nc(OCC56CCCN5C[C@H](F)C6)nc4c3F)c12. The monoisotopic (exact) mass is 485 g/mol. The van der Waals surface area contributed by atoms with Crippen molar-refractivity contribution in [3.05, 3.63) is 54.0 Å². The number of alkyl halides is 1. The highest BCUT2D eigenvalue weighted by molar-refractivity contribution is 6.01. The molecule has 0 amide bonds. The molecule has 2 aromatic carbocycles. The van der Waals surface area contributed by atoms with Gasteiger partial charge in [0.05, 0.1) is 10.9 Å². The molecule has 1 N–H and O–H groups in total. The molecule has 0 aliphatic carbocycles. The van der Waals surface area contributed by atoms with Gasteiger partial charge in [-0.2, -0.15) is 9.97 Å². The number of hydrogen-bond acceptors (Lipinski definition) is 6. The molecule has 2 atom stereocenters. The molecule has 6 nitrogen and oxygen atoms in total. The van der Waals surface area contributed by atoms with Gasteiger partial charge in [-0.3, -0.25) is 9.88 Å². The van der Waals surface area contributed by atoms with E-state index in [4.69, 9.17) is 11.2 Å². The third-order valence-corrected chi connectivity index (χ3v) is 7.45. The number of fused-ring (bicyclic) bond motifs is 3. The van der Waals surface area contributed by atoms with Gasteiger partial charge in [-0.25, -0.2) is 8.78 Å². The highest BCUT2D eigenvalue weighted by atomic mass is 19.1. The summed E-state index contributed by atoms with van der Waals surface area (Å²) in [5.74, 6) is 2.52. The van der Waals surface area contributed by atoms with Crippen molar-refractivity contribution in [2.75, 3.05) is 32.1 Å². The van der Waals surface area contributed by atoms with Gasteiger partial charge in [-0.15, -0.1) is 6.42 Å². The van der Waals surface area contributed by atoms with Crippen LogP contribution in [0.2, 0.25) is 0 Å². The van der Waals surface area contributed by atoms with Crippen molar-refractivity contribution in [2.24, 2.45) is 0 Å². The summed E-state index contributed by atoms with van der Waals surface area (Å²) in [6.07, 6.45) is 8.74. The molecule has 1 unspecified atom stereocenters. The van der Waals surface area contributed by atoms with Crippen molar-refractivity contribution in [2.45, 2.75) is 31.0 Å².